The van der Waals surface area contributed by atoms with Gasteiger partial charge < -0.3 is 10.6 Å². The molecule has 0 bridgehead atoms. The van der Waals surface area contributed by atoms with Crippen molar-refractivity contribution in [2.24, 2.45) is 10.2 Å². The summed E-state index contributed by atoms with van der Waals surface area (Å²) in [6.07, 6.45) is 6.00. The van der Waals surface area contributed by atoms with Crippen molar-refractivity contribution in [1.82, 2.24) is 0 Å². The second-order valence-corrected chi connectivity index (χ2v) is 7.86. The molecule has 0 unspecified atom stereocenters. The molecule has 2 N–H and O–H groups in total. The highest BCUT2D eigenvalue weighted by molar-refractivity contribution is 5.97. The number of azide groups is 2. The van der Waals surface area contributed by atoms with Gasteiger partial charge in [-0.15, -0.1) is 0 Å². The first-order chi connectivity index (χ1) is 17.4. The van der Waals surface area contributed by atoms with Gasteiger partial charge in [0.25, 0.3) is 0 Å². The first-order valence-electron chi connectivity index (χ1n) is 11.4. The van der Waals surface area contributed by atoms with Crippen molar-refractivity contribution in [3.8, 4) is 0 Å². The molecule has 0 saturated carbocycles. The van der Waals surface area contributed by atoms with Crippen molar-refractivity contribution in [2.45, 2.75) is 51.4 Å². The lowest BCUT2D eigenvalue weighted by molar-refractivity contribution is -0.117. The molecule has 4 amide bonds. The molecule has 36 heavy (non-hydrogen) atoms. The van der Waals surface area contributed by atoms with E-state index in [2.05, 4.69) is 30.7 Å². The predicted octanol–water partition coefficient (Wildman–Crippen LogP) is 6.29. The van der Waals surface area contributed by atoms with Crippen LogP contribution in [0.2, 0.25) is 0 Å². The monoisotopic (exact) mass is 490 g/mol. The van der Waals surface area contributed by atoms with Crippen molar-refractivity contribution in [3.63, 3.8) is 0 Å². The average molecular weight is 491 g/mol. The third-order valence-corrected chi connectivity index (χ3v) is 5.16. The summed E-state index contributed by atoms with van der Waals surface area (Å²) in [7, 11) is 0. The SMILES string of the molecule is [N-]=[N+]=NC(=O)c1ccc(NC(=O)CCCCCCCCC(=O)Nc2ccc(C(=O)N=[N+]=[N-])cc2)cc1. The van der Waals surface area contributed by atoms with Crippen molar-refractivity contribution in [1.29, 1.82) is 0 Å². The molecule has 2 rings (SSSR count). The molecule has 0 radical (unpaired) electrons. The van der Waals surface area contributed by atoms with Crippen LogP contribution in [0.3, 0.4) is 0 Å². The summed E-state index contributed by atoms with van der Waals surface area (Å²) in [4.78, 5) is 51.9. The Labute approximate surface area is 207 Å². The van der Waals surface area contributed by atoms with E-state index >= 15 is 0 Å². The highest BCUT2D eigenvalue weighted by atomic mass is 16.2. The molecule has 0 aliphatic heterocycles. The molecule has 12 nitrogen and oxygen atoms in total. The maximum Gasteiger partial charge on any atom is 0.249 e. The molecular weight excluding hydrogens is 464 g/mol. The zero-order valence-electron chi connectivity index (χ0n) is 19.6. The Morgan fingerprint density at radius 3 is 1.25 bits per heavy atom. The van der Waals surface area contributed by atoms with Crippen LogP contribution in [0, 0.1) is 0 Å². The van der Waals surface area contributed by atoms with Gasteiger partial charge in [-0.2, -0.15) is 0 Å². The standard InChI is InChI=1S/C24H26N8O4/c25-31-29-23(35)17-9-13-19(14-10-17)27-21(33)7-5-3-1-2-4-6-8-22(34)28-20-15-11-18(12-16-20)24(36)30-32-26/h9-16H,1-8H2,(H,27,33)(H,28,34). The average Bonchev–Trinajstić information content (AvgIpc) is 2.86. The molecule has 0 aliphatic rings. The lowest BCUT2D eigenvalue weighted by Crippen LogP contribution is -2.11. The van der Waals surface area contributed by atoms with Crippen LogP contribution in [0.5, 0.6) is 0 Å². The van der Waals surface area contributed by atoms with Crippen molar-refractivity contribution in [2.75, 3.05) is 10.6 Å². The van der Waals surface area contributed by atoms with E-state index in [-0.39, 0.29) is 22.9 Å². The van der Waals surface area contributed by atoms with E-state index in [1.54, 1.807) is 24.3 Å². The van der Waals surface area contributed by atoms with E-state index < -0.39 is 11.8 Å². The summed E-state index contributed by atoms with van der Waals surface area (Å²) >= 11 is 0. The van der Waals surface area contributed by atoms with Gasteiger partial charge in [-0.25, -0.2) is 0 Å². The van der Waals surface area contributed by atoms with E-state index in [9.17, 15) is 19.2 Å². The Balaban J connectivity index is 1.53. The molecule has 0 aliphatic carbocycles. The number of anilines is 2. The van der Waals surface area contributed by atoms with Crippen LogP contribution >= 0.6 is 0 Å². The number of amides is 4. The number of carbonyl (C=O) groups is 4. The number of carbonyl (C=O) groups excluding carboxylic acids is 4. The summed E-state index contributed by atoms with van der Waals surface area (Å²) in [6.45, 7) is 0. The lowest BCUT2D eigenvalue weighted by Gasteiger charge is -2.07. The van der Waals surface area contributed by atoms with E-state index in [0.29, 0.717) is 24.2 Å². The van der Waals surface area contributed by atoms with Crippen molar-refractivity contribution >= 4 is 35.0 Å². The fraction of sp³-hybridized carbons (Fsp3) is 0.333. The topological polar surface area (TPSA) is 190 Å². The molecule has 0 saturated heterocycles. The van der Waals surface area contributed by atoms with Crippen LogP contribution < -0.4 is 10.6 Å². The predicted molar refractivity (Wildman–Crippen MR) is 134 cm³/mol. The minimum Gasteiger partial charge on any atom is -0.326 e. The highest BCUT2D eigenvalue weighted by Gasteiger charge is 2.07. The first kappa shape index (κ1) is 27.6. The van der Waals surface area contributed by atoms with E-state index in [1.807, 2.05) is 0 Å². The van der Waals surface area contributed by atoms with Crippen molar-refractivity contribution < 1.29 is 19.2 Å². The molecule has 0 fully saturated rings. The number of nitrogens with zero attached hydrogens (tertiary/aromatic N) is 6. The van der Waals surface area contributed by atoms with Crippen LogP contribution in [0.4, 0.5) is 11.4 Å². The first-order valence-corrected chi connectivity index (χ1v) is 11.4. The number of nitrogens with one attached hydrogen (secondary N) is 2. The van der Waals surface area contributed by atoms with Gasteiger partial charge in [0.1, 0.15) is 0 Å². The largest absolute Gasteiger partial charge is 0.326 e. The summed E-state index contributed by atoms with van der Waals surface area (Å²) in [5.41, 5.74) is 18.2. The zero-order chi connectivity index (χ0) is 26.2. The molecule has 0 aromatic heterocycles. The van der Waals surface area contributed by atoms with Crippen LogP contribution in [0.25, 0.3) is 20.9 Å². The molecular formula is C24H26N8O4. The third kappa shape index (κ3) is 10.1. The Kier molecular flexibility index (Phi) is 11.7. The van der Waals surface area contributed by atoms with Gasteiger partial charge in [0.2, 0.25) is 23.6 Å². The van der Waals surface area contributed by atoms with Gasteiger partial charge in [0.05, 0.1) is 0 Å². The molecule has 12 heteroatoms. The Morgan fingerprint density at radius 1 is 0.583 bits per heavy atom. The van der Waals surface area contributed by atoms with Gasteiger partial charge in [0, 0.05) is 45.2 Å². The second kappa shape index (κ2) is 15.3. The lowest BCUT2D eigenvalue weighted by atomic mass is 10.1. The summed E-state index contributed by atoms with van der Waals surface area (Å²) in [6, 6.07) is 12.3. The zero-order valence-corrected chi connectivity index (χ0v) is 19.6. The van der Waals surface area contributed by atoms with Crippen LogP contribution in [-0.2, 0) is 9.59 Å². The van der Waals surface area contributed by atoms with E-state index in [0.717, 1.165) is 38.5 Å². The van der Waals surface area contributed by atoms with Crippen molar-refractivity contribution in [3.05, 3.63) is 80.5 Å². The quantitative estimate of drug-likeness (QED) is 0.144. The Hall–Kier alpha value is -4.66. The third-order valence-electron chi connectivity index (χ3n) is 5.16. The summed E-state index contributed by atoms with van der Waals surface area (Å²) < 4.78 is 0. The normalized spacial score (nSPS) is 9.89. The number of unbranched alkanes of at least 4 members (excludes halogenated alkanes) is 5. The molecule has 0 heterocycles. The molecule has 0 spiro atoms. The van der Waals surface area contributed by atoms with E-state index in [4.69, 9.17) is 11.1 Å². The van der Waals surface area contributed by atoms with Crippen LogP contribution in [-0.4, -0.2) is 23.6 Å². The Bertz CT molecular complexity index is 1070. The molecule has 0 atom stereocenters. The fourth-order valence-corrected chi connectivity index (χ4v) is 3.31. The number of hydrogen-bond acceptors (Lipinski definition) is 4. The maximum atomic E-state index is 12.1. The minimum absolute atomic E-state index is 0.115. The number of rotatable bonds is 13. The van der Waals surface area contributed by atoms with Gasteiger partial charge in [-0.3, -0.25) is 19.2 Å². The summed E-state index contributed by atoms with van der Waals surface area (Å²) in [5.74, 6) is -1.58. The summed E-state index contributed by atoms with van der Waals surface area (Å²) in [5, 5.41) is 11.6. The molecule has 186 valence electrons. The van der Waals surface area contributed by atoms with Crippen LogP contribution in [0.1, 0.15) is 72.1 Å². The van der Waals surface area contributed by atoms with E-state index in [1.165, 1.54) is 24.3 Å². The second-order valence-electron chi connectivity index (χ2n) is 7.86. The van der Waals surface area contributed by atoms with Gasteiger partial charge in [0.15, 0.2) is 0 Å². The number of hydrogen-bond donors (Lipinski definition) is 2. The molecule has 2 aromatic carbocycles. The van der Waals surface area contributed by atoms with Gasteiger partial charge >= 0.3 is 0 Å². The fourth-order valence-electron chi connectivity index (χ4n) is 3.31. The minimum atomic E-state index is -0.676. The smallest absolute Gasteiger partial charge is 0.249 e. The van der Waals surface area contributed by atoms with Gasteiger partial charge in [-0.1, -0.05) is 25.7 Å². The maximum absolute atomic E-state index is 12.1. The Morgan fingerprint density at radius 2 is 0.917 bits per heavy atom. The number of benzene rings is 2. The highest BCUT2D eigenvalue weighted by Crippen LogP contribution is 2.14. The van der Waals surface area contributed by atoms with Crippen LogP contribution in [0.15, 0.2) is 58.8 Å². The molecule has 2 aromatic rings. The van der Waals surface area contributed by atoms with Gasteiger partial charge in [-0.05, 0) is 82.7 Å².